The van der Waals surface area contributed by atoms with Crippen molar-refractivity contribution in [2.75, 3.05) is 44.7 Å². The molecule has 3 N–H and O–H groups in total. The van der Waals surface area contributed by atoms with Gasteiger partial charge in [-0.3, -0.25) is 9.69 Å². The summed E-state index contributed by atoms with van der Waals surface area (Å²) in [6.45, 7) is 10.3. The summed E-state index contributed by atoms with van der Waals surface area (Å²) in [5.41, 5.74) is 1.86. The van der Waals surface area contributed by atoms with Crippen LogP contribution in [-0.4, -0.2) is 56.2 Å². The Morgan fingerprint density at radius 3 is 2.72 bits per heavy atom. The van der Waals surface area contributed by atoms with E-state index in [1.54, 1.807) is 11.3 Å². The van der Waals surface area contributed by atoms with Gasteiger partial charge in [0, 0.05) is 48.0 Å². The van der Waals surface area contributed by atoms with Crippen molar-refractivity contribution in [1.29, 1.82) is 0 Å². The summed E-state index contributed by atoms with van der Waals surface area (Å²) < 4.78 is 5.35. The minimum atomic E-state index is 0. The number of ether oxygens (including phenoxy) is 1. The topological polar surface area (TPSA) is 78.0 Å². The van der Waals surface area contributed by atoms with Crippen molar-refractivity contribution in [3.05, 3.63) is 51.7 Å². The lowest BCUT2D eigenvalue weighted by Crippen LogP contribution is -2.38. The molecule has 2 aromatic rings. The molecule has 0 spiro atoms. The van der Waals surface area contributed by atoms with E-state index in [4.69, 9.17) is 9.73 Å². The first-order chi connectivity index (χ1) is 15.1. The molecule has 0 radical (unpaired) electrons. The van der Waals surface area contributed by atoms with Crippen LogP contribution < -0.4 is 16.0 Å². The van der Waals surface area contributed by atoms with Gasteiger partial charge in [0.15, 0.2) is 5.96 Å². The smallest absolute Gasteiger partial charge is 0.225 e. The van der Waals surface area contributed by atoms with E-state index in [1.165, 1.54) is 9.75 Å². The minimum Gasteiger partial charge on any atom is -0.379 e. The van der Waals surface area contributed by atoms with Gasteiger partial charge >= 0.3 is 0 Å². The highest BCUT2D eigenvalue weighted by molar-refractivity contribution is 14.0. The molecule has 0 saturated carbocycles. The van der Waals surface area contributed by atoms with Crippen LogP contribution in [0.4, 0.5) is 5.69 Å². The molecule has 9 heteroatoms. The summed E-state index contributed by atoms with van der Waals surface area (Å²) >= 11 is 1.79. The second-order valence-electron chi connectivity index (χ2n) is 7.51. The zero-order valence-electron chi connectivity index (χ0n) is 18.9. The van der Waals surface area contributed by atoms with E-state index in [-0.39, 0.29) is 29.9 Å². The second kappa shape index (κ2) is 14.5. The molecule has 1 aliphatic rings. The number of nitrogens with one attached hydrogen (secondary N) is 3. The molecule has 1 amide bonds. The highest BCUT2D eigenvalue weighted by Gasteiger charge is 2.12. The maximum Gasteiger partial charge on any atom is 0.225 e. The van der Waals surface area contributed by atoms with Crippen LogP contribution in [0.1, 0.15) is 28.7 Å². The molecule has 0 bridgehead atoms. The molecule has 0 unspecified atom stereocenters. The Labute approximate surface area is 212 Å². The monoisotopic (exact) mass is 571 g/mol. The molecule has 2 heterocycles. The van der Waals surface area contributed by atoms with Gasteiger partial charge in [0.05, 0.1) is 26.3 Å². The molecule has 3 rings (SSSR count). The van der Waals surface area contributed by atoms with Crippen LogP contribution in [0.3, 0.4) is 0 Å². The number of anilines is 1. The Morgan fingerprint density at radius 1 is 1.19 bits per heavy atom. The number of nitrogens with zero attached hydrogens (tertiary/aromatic N) is 2. The van der Waals surface area contributed by atoms with E-state index in [2.05, 4.69) is 46.8 Å². The van der Waals surface area contributed by atoms with Gasteiger partial charge in [-0.1, -0.05) is 12.1 Å². The number of benzene rings is 1. The van der Waals surface area contributed by atoms with E-state index in [1.807, 2.05) is 24.3 Å². The molecule has 0 atom stereocenters. The third-order valence-electron chi connectivity index (χ3n) is 4.96. The summed E-state index contributed by atoms with van der Waals surface area (Å²) in [6.07, 6.45) is 0.485. The van der Waals surface area contributed by atoms with Crippen LogP contribution in [0.15, 0.2) is 41.4 Å². The average molecular weight is 572 g/mol. The molecule has 1 saturated heterocycles. The fourth-order valence-corrected chi connectivity index (χ4v) is 4.15. The first kappa shape index (κ1) is 26.6. The Hall–Kier alpha value is -1.69. The van der Waals surface area contributed by atoms with Crippen molar-refractivity contribution in [3.63, 3.8) is 0 Å². The number of morpholine rings is 1. The third kappa shape index (κ3) is 9.43. The lowest BCUT2D eigenvalue weighted by molar-refractivity contribution is -0.116. The van der Waals surface area contributed by atoms with Crippen LogP contribution >= 0.6 is 35.3 Å². The summed E-state index contributed by atoms with van der Waals surface area (Å²) in [4.78, 5) is 21.9. The summed E-state index contributed by atoms with van der Waals surface area (Å²) in [5, 5.41) is 9.67. The number of thiophene rings is 1. The van der Waals surface area contributed by atoms with Gasteiger partial charge in [0.25, 0.3) is 0 Å². The van der Waals surface area contributed by atoms with E-state index in [0.29, 0.717) is 13.0 Å². The van der Waals surface area contributed by atoms with Crippen LogP contribution in [0.5, 0.6) is 0 Å². The first-order valence-corrected chi connectivity index (χ1v) is 11.7. The zero-order valence-corrected chi connectivity index (χ0v) is 22.0. The summed E-state index contributed by atoms with van der Waals surface area (Å²) in [5.74, 6) is 0.821. The molecule has 1 aliphatic heterocycles. The van der Waals surface area contributed by atoms with Gasteiger partial charge in [0.2, 0.25) is 5.91 Å². The SMILES string of the molecule is CCNC(=NCc1cccc(NC(=O)CCN2CCOCC2)c1)NCc1ccc(C)s1.I. The second-order valence-corrected chi connectivity index (χ2v) is 8.89. The van der Waals surface area contributed by atoms with Crippen molar-refractivity contribution in [1.82, 2.24) is 15.5 Å². The Bertz CT molecular complexity index is 868. The Morgan fingerprint density at radius 2 is 2.00 bits per heavy atom. The molecule has 32 heavy (non-hydrogen) atoms. The molecule has 1 aromatic carbocycles. The highest BCUT2D eigenvalue weighted by atomic mass is 127. The summed E-state index contributed by atoms with van der Waals surface area (Å²) in [7, 11) is 0. The van der Waals surface area contributed by atoms with Gasteiger partial charge in [0.1, 0.15) is 0 Å². The number of halogens is 1. The highest BCUT2D eigenvalue weighted by Crippen LogP contribution is 2.15. The van der Waals surface area contributed by atoms with Crippen molar-refractivity contribution in [3.8, 4) is 0 Å². The number of amides is 1. The third-order valence-corrected chi connectivity index (χ3v) is 5.96. The van der Waals surface area contributed by atoms with E-state index >= 15 is 0 Å². The quantitative estimate of drug-likeness (QED) is 0.244. The Kier molecular flexibility index (Phi) is 12.0. The van der Waals surface area contributed by atoms with E-state index in [0.717, 1.165) is 63.1 Å². The molecule has 1 fully saturated rings. The van der Waals surface area contributed by atoms with Gasteiger partial charge in [-0.2, -0.15) is 0 Å². The van der Waals surface area contributed by atoms with E-state index < -0.39 is 0 Å². The van der Waals surface area contributed by atoms with Gasteiger partial charge in [-0.15, -0.1) is 35.3 Å². The zero-order chi connectivity index (χ0) is 21.9. The van der Waals surface area contributed by atoms with Crippen LogP contribution in [0, 0.1) is 6.92 Å². The fraction of sp³-hybridized carbons (Fsp3) is 0.478. The molecule has 176 valence electrons. The van der Waals surface area contributed by atoms with Crippen molar-refractivity contribution >= 4 is 52.9 Å². The maximum atomic E-state index is 12.3. The van der Waals surface area contributed by atoms with Crippen LogP contribution in [0.25, 0.3) is 0 Å². The van der Waals surface area contributed by atoms with Crippen molar-refractivity contribution < 1.29 is 9.53 Å². The lowest BCUT2D eigenvalue weighted by atomic mass is 10.2. The number of hydrogen-bond donors (Lipinski definition) is 3. The molecular formula is C23H34IN5O2S. The normalized spacial score (nSPS) is 14.5. The Balaban J connectivity index is 0.00000363. The number of carbonyl (C=O) groups is 1. The predicted molar refractivity (Wildman–Crippen MR) is 143 cm³/mol. The minimum absolute atomic E-state index is 0. The number of guanidine groups is 1. The number of aliphatic imine (C=N–C) groups is 1. The average Bonchev–Trinajstić information content (AvgIpc) is 3.20. The summed E-state index contributed by atoms with van der Waals surface area (Å²) in [6, 6.07) is 12.2. The molecule has 0 aliphatic carbocycles. The standard InChI is InChI=1S/C23H33N5O2S.HI/c1-3-24-23(26-17-21-8-7-18(2)31-21)25-16-19-5-4-6-20(15-19)27-22(29)9-10-28-11-13-30-14-12-28;/h4-8,15H,3,9-14,16-17H2,1-2H3,(H,27,29)(H2,24,25,26);1H. The lowest BCUT2D eigenvalue weighted by Gasteiger charge is -2.26. The molecular weight excluding hydrogens is 537 g/mol. The van der Waals surface area contributed by atoms with Gasteiger partial charge < -0.3 is 20.7 Å². The van der Waals surface area contributed by atoms with Gasteiger partial charge in [-0.25, -0.2) is 4.99 Å². The molecule has 7 nitrogen and oxygen atoms in total. The number of hydrogen-bond acceptors (Lipinski definition) is 5. The van der Waals surface area contributed by atoms with Crippen molar-refractivity contribution in [2.24, 2.45) is 4.99 Å². The van der Waals surface area contributed by atoms with Crippen LogP contribution in [-0.2, 0) is 22.6 Å². The van der Waals surface area contributed by atoms with Crippen LogP contribution in [0.2, 0.25) is 0 Å². The number of carbonyl (C=O) groups excluding carboxylic acids is 1. The fourth-order valence-electron chi connectivity index (χ4n) is 3.32. The van der Waals surface area contributed by atoms with Crippen molar-refractivity contribution in [2.45, 2.75) is 33.4 Å². The molecule has 1 aromatic heterocycles. The first-order valence-electron chi connectivity index (χ1n) is 10.9. The van der Waals surface area contributed by atoms with Gasteiger partial charge in [-0.05, 0) is 43.7 Å². The maximum absolute atomic E-state index is 12.3. The largest absolute Gasteiger partial charge is 0.379 e. The predicted octanol–water partition coefficient (Wildman–Crippen LogP) is 3.59. The number of rotatable bonds is 9. The van der Waals surface area contributed by atoms with E-state index in [9.17, 15) is 4.79 Å². The number of aryl methyl sites for hydroxylation is 1.